The van der Waals surface area contributed by atoms with Gasteiger partial charge in [0.15, 0.2) is 0 Å². The maximum absolute atomic E-state index is 6.37. The van der Waals surface area contributed by atoms with Gasteiger partial charge < -0.3 is 24.6 Å². The van der Waals surface area contributed by atoms with E-state index in [1.807, 2.05) is 24.6 Å². The van der Waals surface area contributed by atoms with Gasteiger partial charge in [-0.3, -0.25) is 0 Å². The summed E-state index contributed by atoms with van der Waals surface area (Å²) in [5.41, 5.74) is 5.77. The Morgan fingerprint density at radius 1 is 1.06 bits per heavy atom. The highest BCUT2D eigenvalue weighted by atomic mass is 32.1. The van der Waals surface area contributed by atoms with Crippen LogP contribution in [0, 0.1) is 0 Å². The predicted octanol–water partition coefficient (Wildman–Crippen LogP) is 4.15. The summed E-state index contributed by atoms with van der Waals surface area (Å²) in [6, 6.07) is 10.4. The minimum absolute atomic E-state index is 0.109. The summed E-state index contributed by atoms with van der Waals surface area (Å²) in [5, 5.41) is 4.34. The normalized spacial score (nSPS) is 15.8. The van der Waals surface area contributed by atoms with Crippen molar-refractivity contribution in [2.75, 3.05) is 57.2 Å². The Kier molecular flexibility index (Phi) is 6.26. The summed E-state index contributed by atoms with van der Waals surface area (Å²) in [6.07, 6.45) is 1.49. The van der Waals surface area contributed by atoms with E-state index in [9.17, 15) is 0 Å². The molecule has 0 spiro atoms. The molecule has 3 heterocycles. The van der Waals surface area contributed by atoms with Gasteiger partial charge in [0.25, 0.3) is 0 Å². The SMILES string of the molecule is COC[C@H](C)Oc1cc(N2CCN(C)CC2)cc2ncnc(Nc3ccc4ncsc4c3)c12. The molecule has 1 saturated heterocycles. The topological polar surface area (TPSA) is 75.6 Å². The molecule has 2 aromatic heterocycles. The van der Waals surface area contributed by atoms with Gasteiger partial charge in [0.2, 0.25) is 0 Å². The summed E-state index contributed by atoms with van der Waals surface area (Å²) >= 11 is 1.62. The van der Waals surface area contributed by atoms with Crippen molar-refractivity contribution in [3.63, 3.8) is 0 Å². The number of ether oxygens (including phenoxy) is 2. The van der Waals surface area contributed by atoms with Gasteiger partial charge in [0.05, 0.1) is 33.2 Å². The van der Waals surface area contributed by atoms with Crippen LogP contribution in [0.15, 0.2) is 42.2 Å². The van der Waals surface area contributed by atoms with Crippen LogP contribution in [0.3, 0.4) is 0 Å². The van der Waals surface area contributed by atoms with E-state index in [1.165, 1.54) is 0 Å². The minimum Gasteiger partial charge on any atom is -0.487 e. The second kappa shape index (κ2) is 9.46. The van der Waals surface area contributed by atoms with Gasteiger partial charge in [-0.05, 0) is 38.2 Å². The van der Waals surface area contributed by atoms with E-state index >= 15 is 0 Å². The fourth-order valence-electron chi connectivity index (χ4n) is 4.13. The third-order valence-electron chi connectivity index (χ3n) is 5.88. The zero-order chi connectivity index (χ0) is 22.8. The summed E-state index contributed by atoms with van der Waals surface area (Å²) in [7, 11) is 3.85. The number of methoxy groups -OCH3 is 1. The molecular formula is C24H28N6O2S. The molecule has 9 heteroatoms. The first-order valence-corrected chi connectivity index (χ1v) is 12.0. The van der Waals surface area contributed by atoms with Crippen molar-refractivity contribution in [1.29, 1.82) is 0 Å². The molecule has 1 N–H and O–H groups in total. The van der Waals surface area contributed by atoms with Crippen molar-refractivity contribution < 1.29 is 9.47 Å². The molecule has 172 valence electrons. The lowest BCUT2D eigenvalue weighted by atomic mass is 10.1. The van der Waals surface area contributed by atoms with Gasteiger partial charge in [-0.15, -0.1) is 11.3 Å². The Morgan fingerprint density at radius 3 is 2.73 bits per heavy atom. The van der Waals surface area contributed by atoms with E-state index in [4.69, 9.17) is 9.47 Å². The first kappa shape index (κ1) is 21.8. The minimum atomic E-state index is -0.109. The molecule has 5 rings (SSSR count). The summed E-state index contributed by atoms with van der Waals surface area (Å²) < 4.78 is 12.8. The van der Waals surface area contributed by atoms with E-state index < -0.39 is 0 Å². The maximum atomic E-state index is 6.37. The molecule has 1 aliphatic rings. The fourth-order valence-corrected chi connectivity index (χ4v) is 4.85. The number of fused-ring (bicyclic) bond motifs is 2. The van der Waals surface area contributed by atoms with Gasteiger partial charge in [-0.2, -0.15) is 0 Å². The van der Waals surface area contributed by atoms with E-state index in [2.05, 4.69) is 55.3 Å². The Morgan fingerprint density at radius 2 is 1.91 bits per heavy atom. The fraction of sp³-hybridized carbons (Fsp3) is 0.375. The number of hydrogen-bond acceptors (Lipinski definition) is 9. The summed E-state index contributed by atoms with van der Waals surface area (Å²) in [6.45, 7) is 6.52. The van der Waals surface area contributed by atoms with Crippen LogP contribution in [-0.4, -0.2) is 72.9 Å². The quantitative estimate of drug-likeness (QED) is 0.437. The number of nitrogens with one attached hydrogen (secondary N) is 1. The van der Waals surface area contributed by atoms with Crippen LogP contribution < -0.4 is 15.0 Å². The number of hydrogen-bond donors (Lipinski definition) is 1. The third-order valence-corrected chi connectivity index (χ3v) is 6.67. The zero-order valence-corrected chi connectivity index (χ0v) is 19.9. The zero-order valence-electron chi connectivity index (χ0n) is 19.1. The smallest absolute Gasteiger partial charge is 0.145 e. The first-order chi connectivity index (χ1) is 16.1. The number of rotatable bonds is 7. The van der Waals surface area contributed by atoms with Crippen molar-refractivity contribution in [2.45, 2.75) is 13.0 Å². The van der Waals surface area contributed by atoms with E-state index in [1.54, 1.807) is 24.8 Å². The second-order valence-electron chi connectivity index (χ2n) is 8.39. The van der Waals surface area contributed by atoms with Crippen molar-refractivity contribution in [2.24, 2.45) is 0 Å². The van der Waals surface area contributed by atoms with Crippen LogP contribution in [-0.2, 0) is 4.74 Å². The number of benzene rings is 2. The predicted molar refractivity (Wildman–Crippen MR) is 134 cm³/mol. The van der Waals surface area contributed by atoms with Crippen molar-refractivity contribution >= 4 is 49.6 Å². The molecule has 1 atom stereocenters. The van der Waals surface area contributed by atoms with Crippen molar-refractivity contribution in [3.05, 3.63) is 42.2 Å². The monoisotopic (exact) mass is 464 g/mol. The highest BCUT2D eigenvalue weighted by Gasteiger charge is 2.20. The molecule has 8 nitrogen and oxygen atoms in total. The molecule has 0 radical (unpaired) electrons. The highest BCUT2D eigenvalue weighted by Crippen LogP contribution is 2.37. The molecular weight excluding hydrogens is 436 g/mol. The van der Waals surface area contributed by atoms with Crippen LogP contribution >= 0.6 is 11.3 Å². The number of nitrogens with zero attached hydrogens (tertiary/aromatic N) is 5. The van der Waals surface area contributed by atoms with E-state index in [0.29, 0.717) is 12.4 Å². The van der Waals surface area contributed by atoms with Crippen molar-refractivity contribution in [1.82, 2.24) is 19.9 Å². The molecule has 1 fully saturated rings. The van der Waals surface area contributed by atoms with Crippen LogP contribution in [0.5, 0.6) is 5.75 Å². The lowest BCUT2D eigenvalue weighted by Gasteiger charge is -2.34. The number of thiazole rings is 1. The number of piperazine rings is 1. The third kappa shape index (κ3) is 4.71. The molecule has 4 aromatic rings. The molecule has 1 aliphatic heterocycles. The number of aromatic nitrogens is 3. The van der Waals surface area contributed by atoms with E-state index in [0.717, 1.165) is 64.4 Å². The van der Waals surface area contributed by atoms with Crippen molar-refractivity contribution in [3.8, 4) is 5.75 Å². The van der Waals surface area contributed by atoms with Gasteiger partial charge >= 0.3 is 0 Å². The van der Waals surface area contributed by atoms with Gasteiger partial charge in [0.1, 0.15) is 24.0 Å². The Balaban J connectivity index is 1.55. The molecule has 0 amide bonds. The molecule has 33 heavy (non-hydrogen) atoms. The van der Waals surface area contributed by atoms with Crippen LogP contribution in [0.1, 0.15) is 6.92 Å². The van der Waals surface area contributed by atoms with Gasteiger partial charge in [-0.25, -0.2) is 15.0 Å². The van der Waals surface area contributed by atoms with Crippen LogP contribution in [0.25, 0.3) is 21.1 Å². The first-order valence-electron chi connectivity index (χ1n) is 11.1. The highest BCUT2D eigenvalue weighted by molar-refractivity contribution is 7.16. The molecule has 0 bridgehead atoms. The Hall–Kier alpha value is -3.01. The number of anilines is 3. The Bertz CT molecular complexity index is 1250. The van der Waals surface area contributed by atoms with Crippen LogP contribution in [0.4, 0.5) is 17.2 Å². The summed E-state index contributed by atoms with van der Waals surface area (Å²) in [4.78, 5) is 18.3. The average molecular weight is 465 g/mol. The standard InChI is InChI=1S/C24H28N6O2S/c1-16(13-31-3)32-21-12-18(30-8-6-29(2)7-9-30)11-20-23(21)24(26-14-25-20)28-17-4-5-19-22(10-17)33-15-27-19/h4-5,10-12,14-16H,6-9,13H2,1-3H3,(H,25,26,28)/t16-/m0/s1. The Labute approximate surface area is 197 Å². The second-order valence-corrected chi connectivity index (χ2v) is 9.28. The van der Waals surface area contributed by atoms with E-state index in [-0.39, 0.29) is 6.10 Å². The van der Waals surface area contributed by atoms with Gasteiger partial charge in [-0.1, -0.05) is 0 Å². The maximum Gasteiger partial charge on any atom is 0.145 e. The largest absolute Gasteiger partial charge is 0.487 e. The molecule has 0 unspecified atom stereocenters. The average Bonchev–Trinajstić information content (AvgIpc) is 3.27. The number of likely N-dealkylation sites (N-methyl/N-ethyl adjacent to an activating group) is 1. The molecule has 2 aromatic carbocycles. The molecule has 0 aliphatic carbocycles. The van der Waals surface area contributed by atoms with Gasteiger partial charge in [0, 0.05) is 50.7 Å². The lowest BCUT2D eigenvalue weighted by Crippen LogP contribution is -2.44. The molecule has 0 saturated carbocycles. The lowest BCUT2D eigenvalue weighted by molar-refractivity contribution is 0.0931. The summed E-state index contributed by atoms with van der Waals surface area (Å²) in [5.74, 6) is 1.47. The van der Waals surface area contributed by atoms with Crippen LogP contribution in [0.2, 0.25) is 0 Å².